The molecule has 1 saturated heterocycles. The van der Waals surface area contributed by atoms with Gasteiger partial charge in [-0.15, -0.1) is 24.0 Å². The first-order chi connectivity index (χ1) is 13.1. The average molecular weight is 497 g/mol. The number of benzene rings is 1. The lowest BCUT2D eigenvalue weighted by molar-refractivity contribution is 0.436. The van der Waals surface area contributed by atoms with Crippen LogP contribution >= 0.6 is 24.0 Å². The molecular formula is C21H29FIN5. The molecule has 28 heavy (non-hydrogen) atoms. The highest BCUT2D eigenvalue weighted by atomic mass is 127. The Labute approximate surface area is 183 Å². The van der Waals surface area contributed by atoms with Crippen LogP contribution in [0.1, 0.15) is 30.9 Å². The second kappa shape index (κ2) is 11.2. The van der Waals surface area contributed by atoms with Crippen LogP contribution in [-0.2, 0) is 13.1 Å². The van der Waals surface area contributed by atoms with Gasteiger partial charge in [0.05, 0.1) is 0 Å². The summed E-state index contributed by atoms with van der Waals surface area (Å²) in [5.41, 5.74) is 1.97. The number of piperidine rings is 1. The van der Waals surface area contributed by atoms with Crippen LogP contribution in [0.4, 0.5) is 10.2 Å². The number of rotatable bonds is 5. The van der Waals surface area contributed by atoms with Crippen molar-refractivity contribution in [2.24, 2.45) is 10.9 Å². The monoisotopic (exact) mass is 497 g/mol. The van der Waals surface area contributed by atoms with Crippen LogP contribution in [0.25, 0.3) is 0 Å². The Balaban J connectivity index is 0.00000280. The van der Waals surface area contributed by atoms with E-state index in [-0.39, 0.29) is 29.8 Å². The van der Waals surface area contributed by atoms with Crippen LogP contribution in [0.15, 0.2) is 47.6 Å². The van der Waals surface area contributed by atoms with Gasteiger partial charge >= 0.3 is 0 Å². The summed E-state index contributed by atoms with van der Waals surface area (Å²) in [7, 11) is 1.72. The molecule has 5 nitrogen and oxygen atoms in total. The van der Waals surface area contributed by atoms with Crippen LogP contribution in [0.2, 0.25) is 0 Å². The van der Waals surface area contributed by atoms with Crippen molar-refractivity contribution < 1.29 is 4.39 Å². The number of pyridine rings is 1. The maximum atomic E-state index is 13.2. The molecule has 1 fully saturated rings. The largest absolute Gasteiger partial charge is 0.357 e. The van der Waals surface area contributed by atoms with Gasteiger partial charge in [0.15, 0.2) is 5.96 Å². The molecule has 2 N–H and O–H groups in total. The third-order valence-corrected chi connectivity index (χ3v) is 4.95. The highest BCUT2D eigenvalue weighted by Gasteiger charge is 2.16. The Morgan fingerprint density at radius 1 is 1.14 bits per heavy atom. The van der Waals surface area contributed by atoms with Crippen molar-refractivity contribution in [2.45, 2.75) is 32.9 Å². The smallest absolute Gasteiger partial charge is 0.191 e. The van der Waals surface area contributed by atoms with E-state index < -0.39 is 0 Å². The highest BCUT2D eigenvalue weighted by Crippen LogP contribution is 2.21. The molecule has 0 aliphatic carbocycles. The predicted octanol–water partition coefficient (Wildman–Crippen LogP) is 3.94. The van der Waals surface area contributed by atoms with E-state index in [0.29, 0.717) is 19.0 Å². The molecule has 2 aromatic rings. The molecule has 2 heterocycles. The van der Waals surface area contributed by atoms with E-state index >= 15 is 0 Å². The molecule has 1 aliphatic rings. The van der Waals surface area contributed by atoms with Crippen molar-refractivity contribution in [1.82, 2.24) is 15.6 Å². The normalized spacial score (nSPS) is 15.1. The Morgan fingerprint density at radius 2 is 1.86 bits per heavy atom. The van der Waals surface area contributed by atoms with Gasteiger partial charge in [-0.1, -0.05) is 25.1 Å². The Bertz CT molecular complexity index is 758. The summed E-state index contributed by atoms with van der Waals surface area (Å²) in [6.07, 6.45) is 4.39. The Hall–Kier alpha value is -1.90. The van der Waals surface area contributed by atoms with Gasteiger partial charge < -0.3 is 15.5 Å². The number of anilines is 1. The fourth-order valence-corrected chi connectivity index (χ4v) is 3.19. The molecule has 1 aliphatic heterocycles. The van der Waals surface area contributed by atoms with E-state index in [2.05, 4.69) is 44.6 Å². The van der Waals surface area contributed by atoms with E-state index in [1.807, 2.05) is 12.3 Å². The summed E-state index contributed by atoms with van der Waals surface area (Å²) in [5, 5.41) is 6.46. The minimum atomic E-state index is -0.230. The fraction of sp³-hybridized carbons (Fsp3) is 0.429. The van der Waals surface area contributed by atoms with Crippen molar-refractivity contribution >= 4 is 35.8 Å². The minimum Gasteiger partial charge on any atom is -0.357 e. The first kappa shape index (κ1) is 22.4. The maximum Gasteiger partial charge on any atom is 0.191 e. The van der Waals surface area contributed by atoms with Crippen molar-refractivity contribution in [3.8, 4) is 0 Å². The van der Waals surface area contributed by atoms with Gasteiger partial charge in [0.25, 0.3) is 0 Å². The van der Waals surface area contributed by atoms with Crippen molar-refractivity contribution in [3.63, 3.8) is 0 Å². The summed E-state index contributed by atoms with van der Waals surface area (Å²) in [6.45, 7) is 5.63. The van der Waals surface area contributed by atoms with Crippen LogP contribution in [0.3, 0.4) is 0 Å². The summed E-state index contributed by atoms with van der Waals surface area (Å²) in [5.74, 6) is 2.32. The lowest BCUT2D eigenvalue weighted by atomic mass is 9.99. The highest BCUT2D eigenvalue weighted by molar-refractivity contribution is 14.0. The van der Waals surface area contributed by atoms with Gasteiger partial charge in [-0.25, -0.2) is 9.37 Å². The number of hydrogen-bond acceptors (Lipinski definition) is 3. The Morgan fingerprint density at radius 3 is 2.46 bits per heavy atom. The lowest BCUT2D eigenvalue weighted by Crippen LogP contribution is -2.36. The fourth-order valence-electron chi connectivity index (χ4n) is 3.19. The SMILES string of the molecule is CN=C(NCc1ccc(N2CCC(C)CC2)nc1)NCc1cccc(F)c1.I. The number of halogens is 2. The molecule has 0 amide bonds. The molecule has 152 valence electrons. The van der Waals surface area contributed by atoms with Gasteiger partial charge in [-0.2, -0.15) is 0 Å². The average Bonchev–Trinajstić information content (AvgIpc) is 2.69. The molecule has 0 spiro atoms. The quantitative estimate of drug-likeness (QED) is 0.374. The van der Waals surface area contributed by atoms with Crippen LogP contribution < -0.4 is 15.5 Å². The number of guanidine groups is 1. The van der Waals surface area contributed by atoms with Crippen LogP contribution in [0.5, 0.6) is 0 Å². The third-order valence-electron chi connectivity index (χ3n) is 4.95. The first-order valence-electron chi connectivity index (χ1n) is 9.53. The Kier molecular flexibility index (Phi) is 8.95. The summed E-state index contributed by atoms with van der Waals surface area (Å²) in [6, 6.07) is 10.7. The zero-order chi connectivity index (χ0) is 19.1. The lowest BCUT2D eigenvalue weighted by Gasteiger charge is -2.31. The molecule has 7 heteroatoms. The number of hydrogen-bond donors (Lipinski definition) is 2. The number of nitrogens with zero attached hydrogens (tertiary/aromatic N) is 3. The molecule has 0 saturated carbocycles. The van der Waals surface area contributed by atoms with Crippen LogP contribution in [0, 0.1) is 11.7 Å². The predicted molar refractivity (Wildman–Crippen MR) is 124 cm³/mol. The van der Waals surface area contributed by atoms with E-state index in [0.717, 1.165) is 36.0 Å². The third kappa shape index (κ3) is 6.61. The topological polar surface area (TPSA) is 52.6 Å². The second-order valence-corrected chi connectivity index (χ2v) is 7.10. The number of aromatic nitrogens is 1. The van der Waals surface area contributed by atoms with Crippen molar-refractivity contribution in [2.75, 3.05) is 25.0 Å². The van der Waals surface area contributed by atoms with Gasteiger partial charge in [0.1, 0.15) is 11.6 Å². The first-order valence-corrected chi connectivity index (χ1v) is 9.53. The van der Waals surface area contributed by atoms with E-state index in [1.54, 1.807) is 13.1 Å². The zero-order valence-corrected chi connectivity index (χ0v) is 18.8. The zero-order valence-electron chi connectivity index (χ0n) is 16.5. The molecule has 0 bridgehead atoms. The van der Waals surface area contributed by atoms with Gasteiger partial charge in [0, 0.05) is 39.4 Å². The summed E-state index contributed by atoms with van der Waals surface area (Å²) < 4.78 is 13.2. The van der Waals surface area contributed by atoms with Gasteiger partial charge in [-0.3, -0.25) is 4.99 Å². The van der Waals surface area contributed by atoms with Gasteiger partial charge in [-0.05, 0) is 48.1 Å². The minimum absolute atomic E-state index is 0. The number of aliphatic imine (C=N–C) groups is 1. The molecule has 0 atom stereocenters. The van der Waals surface area contributed by atoms with Gasteiger partial charge in [0.2, 0.25) is 0 Å². The molecule has 3 rings (SSSR count). The van der Waals surface area contributed by atoms with Crippen molar-refractivity contribution in [1.29, 1.82) is 0 Å². The standard InChI is InChI=1S/C21H28FN5.HI/c1-16-8-10-27(11-9-16)20-7-6-18(14-24-20)15-26-21(23-2)25-13-17-4-3-5-19(22)12-17;/h3-7,12,14,16H,8-11,13,15H2,1-2H3,(H2,23,25,26);1H. The molecule has 1 aromatic heterocycles. The van der Waals surface area contributed by atoms with E-state index in [1.165, 1.54) is 25.0 Å². The number of nitrogens with one attached hydrogen (secondary N) is 2. The molecule has 0 unspecified atom stereocenters. The molecule has 1 aromatic carbocycles. The second-order valence-electron chi connectivity index (χ2n) is 7.10. The summed E-state index contributed by atoms with van der Waals surface area (Å²) >= 11 is 0. The maximum absolute atomic E-state index is 13.2. The van der Waals surface area contributed by atoms with Crippen LogP contribution in [-0.4, -0.2) is 31.1 Å². The molecule has 0 radical (unpaired) electrons. The summed E-state index contributed by atoms with van der Waals surface area (Å²) in [4.78, 5) is 11.2. The van der Waals surface area contributed by atoms with E-state index in [4.69, 9.17) is 0 Å². The molecular weight excluding hydrogens is 468 g/mol. The van der Waals surface area contributed by atoms with Crippen molar-refractivity contribution in [3.05, 3.63) is 59.5 Å². The van der Waals surface area contributed by atoms with E-state index in [9.17, 15) is 4.39 Å².